The molecule has 0 radical (unpaired) electrons. The van der Waals surface area contributed by atoms with Crippen LogP contribution in [0, 0.1) is 23.7 Å². The van der Waals surface area contributed by atoms with Crippen molar-refractivity contribution in [1.82, 2.24) is 0 Å². The highest BCUT2D eigenvalue weighted by Crippen LogP contribution is 2.27. The van der Waals surface area contributed by atoms with Gasteiger partial charge in [0.2, 0.25) is 0 Å². The van der Waals surface area contributed by atoms with Crippen LogP contribution < -0.4 is 0 Å². The summed E-state index contributed by atoms with van der Waals surface area (Å²) in [6.07, 6.45) is 1.43. The summed E-state index contributed by atoms with van der Waals surface area (Å²) in [6, 6.07) is 0. The second-order valence-electron chi connectivity index (χ2n) is 5.71. The average Bonchev–Trinajstić information content (AvgIpc) is 2.25. The molecule has 0 aromatic carbocycles. The summed E-state index contributed by atoms with van der Waals surface area (Å²) in [4.78, 5) is 23.6. The summed E-state index contributed by atoms with van der Waals surface area (Å²) < 4.78 is 5.22. The van der Waals surface area contributed by atoms with E-state index in [1.807, 2.05) is 34.6 Å². The first kappa shape index (κ1) is 17.1. The quantitative estimate of drug-likeness (QED) is 0.625. The van der Waals surface area contributed by atoms with Crippen molar-refractivity contribution in [3.05, 3.63) is 0 Å². The van der Waals surface area contributed by atoms with E-state index in [9.17, 15) is 9.59 Å². The highest BCUT2D eigenvalue weighted by atomic mass is 16.5. The van der Waals surface area contributed by atoms with Crippen LogP contribution in [0.5, 0.6) is 0 Å². The molecule has 106 valence electrons. The lowest BCUT2D eigenvalue weighted by atomic mass is 9.80. The first-order valence-electron chi connectivity index (χ1n) is 6.98. The molecule has 0 spiro atoms. The monoisotopic (exact) mass is 256 g/mol. The summed E-state index contributed by atoms with van der Waals surface area (Å²) in [5.41, 5.74) is 0. The topological polar surface area (TPSA) is 43.4 Å². The molecule has 0 aliphatic heterocycles. The highest BCUT2D eigenvalue weighted by Gasteiger charge is 2.30. The number of carbonyl (C=O) groups excluding carboxylic acids is 2. The standard InChI is InChI=1S/C15H28O3/c1-7-8-18-15(17)14(11(4)5)9-13(10(2)3)12(6)16/h10-11,13-14H,7-9H2,1-6H3. The molecule has 0 aromatic rings. The molecule has 0 rings (SSSR count). The van der Waals surface area contributed by atoms with Crippen LogP contribution in [-0.2, 0) is 14.3 Å². The van der Waals surface area contributed by atoms with Gasteiger partial charge < -0.3 is 4.74 Å². The van der Waals surface area contributed by atoms with E-state index >= 15 is 0 Å². The molecule has 3 heteroatoms. The van der Waals surface area contributed by atoms with Crippen molar-refractivity contribution in [2.45, 2.75) is 54.4 Å². The Bertz CT molecular complexity index is 269. The number of ether oxygens (including phenoxy) is 1. The van der Waals surface area contributed by atoms with E-state index in [-0.39, 0.29) is 35.4 Å². The van der Waals surface area contributed by atoms with Crippen LogP contribution in [-0.4, -0.2) is 18.4 Å². The molecule has 0 aliphatic carbocycles. The van der Waals surface area contributed by atoms with E-state index < -0.39 is 0 Å². The van der Waals surface area contributed by atoms with Gasteiger partial charge in [-0.2, -0.15) is 0 Å². The lowest BCUT2D eigenvalue weighted by molar-refractivity contribution is -0.151. The lowest BCUT2D eigenvalue weighted by Crippen LogP contribution is -2.30. The largest absolute Gasteiger partial charge is 0.465 e. The van der Waals surface area contributed by atoms with Crippen LogP contribution in [0.15, 0.2) is 0 Å². The zero-order valence-corrected chi connectivity index (χ0v) is 12.7. The Kier molecular flexibility index (Phi) is 7.88. The van der Waals surface area contributed by atoms with Crippen LogP contribution in [0.25, 0.3) is 0 Å². The van der Waals surface area contributed by atoms with Crippen molar-refractivity contribution >= 4 is 11.8 Å². The fourth-order valence-electron chi connectivity index (χ4n) is 2.13. The first-order chi connectivity index (χ1) is 8.31. The maximum absolute atomic E-state index is 12.0. The summed E-state index contributed by atoms with van der Waals surface area (Å²) >= 11 is 0. The molecule has 0 saturated heterocycles. The maximum Gasteiger partial charge on any atom is 0.309 e. The Morgan fingerprint density at radius 3 is 1.83 bits per heavy atom. The van der Waals surface area contributed by atoms with Gasteiger partial charge in [0.05, 0.1) is 12.5 Å². The number of esters is 1. The third kappa shape index (κ3) is 5.65. The van der Waals surface area contributed by atoms with Crippen LogP contribution in [0.1, 0.15) is 54.4 Å². The van der Waals surface area contributed by atoms with Gasteiger partial charge in [-0.25, -0.2) is 0 Å². The third-order valence-electron chi connectivity index (χ3n) is 3.39. The number of ketones is 1. The van der Waals surface area contributed by atoms with Gasteiger partial charge in [0.15, 0.2) is 0 Å². The summed E-state index contributed by atoms with van der Waals surface area (Å²) in [5.74, 6) is 0.259. The third-order valence-corrected chi connectivity index (χ3v) is 3.39. The summed E-state index contributed by atoms with van der Waals surface area (Å²) in [7, 11) is 0. The minimum Gasteiger partial charge on any atom is -0.465 e. The van der Waals surface area contributed by atoms with Gasteiger partial charge in [0, 0.05) is 5.92 Å². The SMILES string of the molecule is CCCOC(=O)C(CC(C(C)=O)C(C)C)C(C)C. The van der Waals surface area contributed by atoms with Crippen molar-refractivity contribution in [2.24, 2.45) is 23.7 Å². The number of Topliss-reactive ketones (excluding diaryl/α,β-unsaturated/α-hetero) is 1. The second-order valence-corrected chi connectivity index (χ2v) is 5.71. The molecule has 0 saturated carbocycles. The molecule has 0 heterocycles. The zero-order chi connectivity index (χ0) is 14.3. The predicted octanol–water partition coefficient (Wildman–Crippen LogP) is 3.46. The molecule has 0 amide bonds. The minimum atomic E-state index is -0.173. The molecule has 0 bridgehead atoms. The van der Waals surface area contributed by atoms with Crippen LogP contribution in [0.2, 0.25) is 0 Å². The Morgan fingerprint density at radius 1 is 1.00 bits per heavy atom. The number of hydrogen-bond acceptors (Lipinski definition) is 3. The van der Waals surface area contributed by atoms with Gasteiger partial charge in [-0.1, -0.05) is 34.6 Å². The summed E-state index contributed by atoms with van der Waals surface area (Å²) in [6.45, 7) is 12.1. The predicted molar refractivity (Wildman–Crippen MR) is 73.2 cm³/mol. The minimum absolute atomic E-state index is 0.0495. The average molecular weight is 256 g/mol. The first-order valence-corrected chi connectivity index (χ1v) is 6.98. The van der Waals surface area contributed by atoms with Gasteiger partial charge >= 0.3 is 5.97 Å². The Hall–Kier alpha value is -0.860. The molecule has 2 unspecified atom stereocenters. The van der Waals surface area contributed by atoms with Gasteiger partial charge in [-0.05, 0) is 31.6 Å². The molecule has 0 fully saturated rings. The molecule has 0 aromatic heterocycles. The van der Waals surface area contributed by atoms with Crippen LogP contribution in [0.4, 0.5) is 0 Å². The highest BCUT2D eigenvalue weighted by molar-refractivity contribution is 5.80. The van der Waals surface area contributed by atoms with E-state index in [4.69, 9.17) is 4.74 Å². The van der Waals surface area contributed by atoms with E-state index in [2.05, 4.69) is 0 Å². The van der Waals surface area contributed by atoms with Gasteiger partial charge in [0.1, 0.15) is 5.78 Å². The van der Waals surface area contributed by atoms with Crippen molar-refractivity contribution in [1.29, 1.82) is 0 Å². The second kappa shape index (κ2) is 8.28. The fourth-order valence-corrected chi connectivity index (χ4v) is 2.13. The zero-order valence-electron chi connectivity index (χ0n) is 12.7. The molecular weight excluding hydrogens is 228 g/mol. The van der Waals surface area contributed by atoms with Gasteiger partial charge in [-0.15, -0.1) is 0 Å². The fraction of sp³-hybridized carbons (Fsp3) is 0.867. The van der Waals surface area contributed by atoms with Crippen molar-refractivity contribution in [3.63, 3.8) is 0 Å². The number of hydrogen-bond donors (Lipinski definition) is 0. The molecule has 0 N–H and O–H groups in total. The van der Waals surface area contributed by atoms with E-state index in [0.29, 0.717) is 13.0 Å². The molecule has 18 heavy (non-hydrogen) atoms. The van der Waals surface area contributed by atoms with Gasteiger partial charge in [-0.3, -0.25) is 9.59 Å². The molecule has 3 nitrogen and oxygen atoms in total. The Balaban J connectivity index is 4.69. The van der Waals surface area contributed by atoms with Crippen molar-refractivity contribution in [3.8, 4) is 0 Å². The van der Waals surface area contributed by atoms with Gasteiger partial charge in [0.25, 0.3) is 0 Å². The molecule has 0 aliphatic rings. The molecular formula is C15H28O3. The maximum atomic E-state index is 12.0. The van der Waals surface area contributed by atoms with Crippen LogP contribution in [0.3, 0.4) is 0 Å². The normalized spacial score (nSPS) is 14.7. The van der Waals surface area contributed by atoms with E-state index in [1.165, 1.54) is 0 Å². The number of rotatable bonds is 8. The van der Waals surface area contributed by atoms with Crippen molar-refractivity contribution in [2.75, 3.05) is 6.61 Å². The van der Waals surface area contributed by atoms with E-state index in [0.717, 1.165) is 6.42 Å². The Labute approximate surface area is 111 Å². The Morgan fingerprint density at radius 2 is 1.50 bits per heavy atom. The van der Waals surface area contributed by atoms with E-state index in [1.54, 1.807) is 6.92 Å². The molecule has 2 atom stereocenters. The van der Waals surface area contributed by atoms with Crippen molar-refractivity contribution < 1.29 is 14.3 Å². The van der Waals surface area contributed by atoms with Crippen LogP contribution >= 0.6 is 0 Å². The summed E-state index contributed by atoms with van der Waals surface area (Å²) in [5, 5.41) is 0. The lowest BCUT2D eigenvalue weighted by Gasteiger charge is -2.25. The smallest absolute Gasteiger partial charge is 0.309 e. The number of carbonyl (C=O) groups is 2.